The topological polar surface area (TPSA) is 91.1 Å². The van der Waals surface area contributed by atoms with Crippen LogP contribution in [0.25, 0.3) is 6.08 Å². The summed E-state index contributed by atoms with van der Waals surface area (Å²) < 4.78 is 16.6. The van der Waals surface area contributed by atoms with Gasteiger partial charge in [0, 0.05) is 24.6 Å². The van der Waals surface area contributed by atoms with Gasteiger partial charge in [0.15, 0.2) is 12.0 Å². The number of rotatable bonds is 5. The molecule has 0 spiro atoms. The van der Waals surface area contributed by atoms with Crippen LogP contribution in [0, 0.1) is 16.0 Å². The van der Waals surface area contributed by atoms with Crippen LogP contribution in [0.1, 0.15) is 19.4 Å². The van der Waals surface area contributed by atoms with E-state index >= 15 is 0 Å². The summed E-state index contributed by atoms with van der Waals surface area (Å²) in [6, 6.07) is 2.98. The number of methoxy groups -OCH3 is 1. The summed E-state index contributed by atoms with van der Waals surface area (Å²) in [5.41, 5.74) is 0.798. The summed E-state index contributed by atoms with van der Waals surface area (Å²) in [6.45, 7) is 5.88. The molecule has 0 aliphatic carbocycles. The zero-order chi connectivity index (χ0) is 18.8. The zero-order valence-corrected chi connectivity index (χ0v) is 15.1. The molecular formula is C18H22N2O6. The summed E-state index contributed by atoms with van der Waals surface area (Å²) in [5.74, 6) is 0.247. The Bertz CT molecular complexity index is 752. The molecule has 0 N–H and O–H groups in total. The number of ketones is 1. The van der Waals surface area contributed by atoms with Crippen LogP contribution in [0.3, 0.4) is 0 Å². The third-order valence-electron chi connectivity index (χ3n) is 4.50. The van der Waals surface area contributed by atoms with Gasteiger partial charge in [-0.3, -0.25) is 19.8 Å². The van der Waals surface area contributed by atoms with E-state index < -0.39 is 11.2 Å². The van der Waals surface area contributed by atoms with E-state index in [1.807, 2.05) is 18.7 Å². The SMILES string of the molecule is COc1cc2c(c([N+](=O)[O-])c1)OC(N1CCOCC1)C(C(=O)C(C)C)=C2. The van der Waals surface area contributed by atoms with E-state index in [2.05, 4.69) is 0 Å². The van der Waals surface area contributed by atoms with Crippen LogP contribution >= 0.6 is 0 Å². The van der Waals surface area contributed by atoms with Gasteiger partial charge in [0.05, 0.1) is 36.9 Å². The Labute approximate surface area is 151 Å². The van der Waals surface area contributed by atoms with Gasteiger partial charge in [-0.05, 0) is 12.1 Å². The molecule has 0 bridgehead atoms. The van der Waals surface area contributed by atoms with E-state index in [1.165, 1.54) is 13.2 Å². The predicted octanol–water partition coefficient (Wildman–Crippen LogP) is 2.26. The highest BCUT2D eigenvalue weighted by molar-refractivity contribution is 6.02. The standard InChI is InChI=1S/C18H22N2O6/c1-11(2)16(21)14-9-12-8-13(24-3)10-15(20(22)23)17(12)26-18(14)19-4-6-25-7-5-19/h8-11,18H,4-7H2,1-3H3. The number of fused-ring (bicyclic) bond motifs is 1. The Kier molecular flexibility index (Phi) is 5.24. The van der Waals surface area contributed by atoms with Crippen molar-refractivity contribution in [2.45, 2.75) is 20.1 Å². The lowest BCUT2D eigenvalue weighted by molar-refractivity contribution is -0.386. The monoisotopic (exact) mass is 362 g/mol. The lowest BCUT2D eigenvalue weighted by atomic mass is 9.94. The molecule has 1 saturated heterocycles. The van der Waals surface area contributed by atoms with Crippen LogP contribution in [0.5, 0.6) is 11.5 Å². The Hall–Kier alpha value is -2.45. The molecule has 1 fully saturated rings. The average Bonchev–Trinajstić information content (AvgIpc) is 2.65. The summed E-state index contributed by atoms with van der Waals surface area (Å²) >= 11 is 0. The highest BCUT2D eigenvalue weighted by Gasteiger charge is 2.37. The number of hydrogen-bond acceptors (Lipinski definition) is 7. The van der Waals surface area contributed by atoms with Crippen molar-refractivity contribution in [3.63, 3.8) is 0 Å². The third-order valence-corrected chi connectivity index (χ3v) is 4.50. The van der Waals surface area contributed by atoms with Crippen LogP contribution < -0.4 is 9.47 Å². The number of nitro benzene ring substituents is 1. The molecule has 2 aliphatic rings. The summed E-state index contributed by atoms with van der Waals surface area (Å²) in [6.07, 6.45) is 1.03. The van der Waals surface area contributed by atoms with Gasteiger partial charge in [-0.1, -0.05) is 13.8 Å². The van der Waals surface area contributed by atoms with E-state index in [9.17, 15) is 14.9 Å². The highest BCUT2D eigenvalue weighted by Crippen LogP contribution is 2.42. The second kappa shape index (κ2) is 7.43. The second-order valence-corrected chi connectivity index (χ2v) is 6.56. The van der Waals surface area contributed by atoms with Crippen molar-refractivity contribution in [3.8, 4) is 11.5 Å². The lowest BCUT2D eigenvalue weighted by Crippen LogP contribution is -2.49. The number of nitrogens with zero attached hydrogens (tertiary/aromatic N) is 2. The molecule has 0 radical (unpaired) electrons. The number of Topliss-reactive ketones (excluding diaryl/α,β-unsaturated/α-hetero) is 1. The van der Waals surface area contributed by atoms with E-state index in [0.29, 0.717) is 43.2 Å². The van der Waals surface area contributed by atoms with E-state index in [4.69, 9.17) is 14.2 Å². The predicted molar refractivity (Wildman–Crippen MR) is 94.3 cm³/mol. The number of hydrogen-bond donors (Lipinski definition) is 0. The quantitative estimate of drug-likeness (QED) is 0.586. The first kappa shape index (κ1) is 18.3. The zero-order valence-electron chi connectivity index (χ0n) is 15.1. The molecule has 2 heterocycles. The average molecular weight is 362 g/mol. The molecule has 140 valence electrons. The van der Waals surface area contributed by atoms with E-state index in [0.717, 1.165) is 0 Å². The molecule has 2 aliphatic heterocycles. The minimum Gasteiger partial charge on any atom is -0.496 e. The summed E-state index contributed by atoms with van der Waals surface area (Å²) in [4.78, 5) is 25.7. The van der Waals surface area contributed by atoms with Crippen LogP contribution in [0.15, 0.2) is 17.7 Å². The fourth-order valence-electron chi connectivity index (χ4n) is 3.12. The number of ether oxygens (including phenoxy) is 3. The first-order valence-corrected chi connectivity index (χ1v) is 8.53. The maximum Gasteiger partial charge on any atom is 0.315 e. The van der Waals surface area contributed by atoms with Crippen molar-refractivity contribution in [1.29, 1.82) is 0 Å². The van der Waals surface area contributed by atoms with Gasteiger partial charge in [-0.2, -0.15) is 0 Å². The van der Waals surface area contributed by atoms with Gasteiger partial charge >= 0.3 is 5.69 Å². The first-order valence-electron chi connectivity index (χ1n) is 8.53. The van der Waals surface area contributed by atoms with Gasteiger partial charge in [0.2, 0.25) is 5.75 Å². The molecule has 1 aromatic rings. The largest absolute Gasteiger partial charge is 0.496 e. The maximum absolute atomic E-state index is 12.8. The van der Waals surface area contributed by atoms with Gasteiger partial charge < -0.3 is 14.2 Å². The molecule has 3 rings (SSSR count). The number of morpholine rings is 1. The summed E-state index contributed by atoms with van der Waals surface area (Å²) in [5, 5.41) is 11.5. The smallest absolute Gasteiger partial charge is 0.315 e. The highest BCUT2D eigenvalue weighted by atomic mass is 16.6. The van der Waals surface area contributed by atoms with Crippen molar-refractivity contribution in [2.24, 2.45) is 5.92 Å². The van der Waals surface area contributed by atoms with Gasteiger partial charge in [0.1, 0.15) is 5.75 Å². The number of carbonyl (C=O) groups is 1. The molecule has 1 aromatic carbocycles. The molecule has 8 nitrogen and oxygen atoms in total. The normalized spacial score (nSPS) is 20.2. The molecular weight excluding hydrogens is 340 g/mol. The number of nitro groups is 1. The Morgan fingerprint density at radius 3 is 2.62 bits per heavy atom. The van der Waals surface area contributed by atoms with Crippen LogP contribution in [-0.4, -0.2) is 55.2 Å². The third kappa shape index (κ3) is 3.42. The number of benzene rings is 1. The second-order valence-electron chi connectivity index (χ2n) is 6.56. The van der Waals surface area contributed by atoms with Crippen LogP contribution in [0.4, 0.5) is 5.69 Å². The van der Waals surface area contributed by atoms with Crippen LogP contribution in [0.2, 0.25) is 0 Å². The molecule has 0 aromatic heterocycles. The van der Waals surface area contributed by atoms with E-state index in [1.54, 1.807) is 12.1 Å². The Morgan fingerprint density at radius 2 is 2.04 bits per heavy atom. The van der Waals surface area contributed by atoms with Gasteiger partial charge in [0.25, 0.3) is 0 Å². The first-order chi connectivity index (χ1) is 12.4. The summed E-state index contributed by atoms with van der Waals surface area (Å²) in [7, 11) is 1.44. The van der Waals surface area contributed by atoms with Crippen molar-refractivity contribution >= 4 is 17.5 Å². The Morgan fingerprint density at radius 1 is 1.35 bits per heavy atom. The van der Waals surface area contributed by atoms with Crippen LogP contribution in [-0.2, 0) is 9.53 Å². The molecule has 0 amide bonds. The fourth-order valence-corrected chi connectivity index (χ4v) is 3.12. The van der Waals surface area contributed by atoms with Crippen molar-refractivity contribution in [1.82, 2.24) is 4.90 Å². The molecule has 0 saturated carbocycles. The minimum atomic E-state index is -0.659. The van der Waals surface area contributed by atoms with Crippen molar-refractivity contribution in [2.75, 3.05) is 33.4 Å². The Balaban J connectivity index is 2.11. The van der Waals surface area contributed by atoms with E-state index in [-0.39, 0.29) is 23.1 Å². The van der Waals surface area contributed by atoms with Crippen molar-refractivity contribution < 1.29 is 23.9 Å². The number of carbonyl (C=O) groups excluding carboxylic acids is 1. The minimum absolute atomic E-state index is 0.0439. The fraction of sp³-hybridized carbons (Fsp3) is 0.500. The maximum atomic E-state index is 12.8. The lowest BCUT2D eigenvalue weighted by Gasteiger charge is -2.37. The van der Waals surface area contributed by atoms with Gasteiger partial charge in [-0.25, -0.2) is 0 Å². The molecule has 8 heteroatoms. The van der Waals surface area contributed by atoms with Gasteiger partial charge in [-0.15, -0.1) is 0 Å². The molecule has 1 atom stereocenters. The van der Waals surface area contributed by atoms with Crippen molar-refractivity contribution in [3.05, 3.63) is 33.4 Å². The molecule has 1 unspecified atom stereocenters. The molecule has 26 heavy (non-hydrogen) atoms.